The van der Waals surface area contributed by atoms with Crippen molar-refractivity contribution in [3.05, 3.63) is 59.9 Å². The van der Waals surface area contributed by atoms with E-state index in [4.69, 9.17) is 16.0 Å². The number of unbranched alkanes of at least 4 members (excludes halogenated alkanes) is 2. The largest absolute Gasteiger partial charge is 0.494 e. The SMILES string of the molecule is [C-]#[N+]c1ccc(-c2ccc(OCCCCCC3CC(C)(CC)C(=O)O3)cc2)cc1. The van der Waals surface area contributed by atoms with Crippen molar-refractivity contribution in [3.63, 3.8) is 0 Å². The molecule has 1 fully saturated rings. The second kappa shape index (κ2) is 9.60. The molecule has 1 saturated heterocycles. The molecule has 1 aliphatic rings. The van der Waals surface area contributed by atoms with Gasteiger partial charge in [-0.15, -0.1) is 0 Å². The van der Waals surface area contributed by atoms with Crippen LogP contribution in [0.5, 0.6) is 5.75 Å². The molecule has 1 aliphatic heterocycles. The third kappa shape index (κ3) is 5.38. The van der Waals surface area contributed by atoms with E-state index in [1.165, 1.54) is 0 Å². The lowest BCUT2D eigenvalue weighted by Crippen LogP contribution is -2.20. The number of nitrogens with zero attached hydrogens (tertiary/aromatic N) is 1. The Labute approximate surface area is 173 Å². The van der Waals surface area contributed by atoms with Crippen molar-refractivity contribution in [2.45, 2.75) is 58.5 Å². The highest BCUT2D eigenvalue weighted by molar-refractivity contribution is 5.78. The van der Waals surface area contributed by atoms with Crippen LogP contribution in [0.15, 0.2) is 48.5 Å². The number of hydrogen-bond donors (Lipinski definition) is 0. The monoisotopic (exact) mass is 391 g/mol. The molecule has 152 valence electrons. The first kappa shape index (κ1) is 20.9. The molecule has 2 atom stereocenters. The van der Waals surface area contributed by atoms with Gasteiger partial charge in [-0.2, -0.15) is 0 Å². The summed E-state index contributed by atoms with van der Waals surface area (Å²) < 4.78 is 11.4. The van der Waals surface area contributed by atoms with Crippen LogP contribution in [0.25, 0.3) is 16.0 Å². The van der Waals surface area contributed by atoms with Gasteiger partial charge in [-0.25, -0.2) is 4.85 Å². The van der Waals surface area contributed by atoms with Crippen LogP contribution in [-0.4, -0.2) is 18.7 Å². The summed E-state index contributed by atoms with van der Waals surface area (Å²) in [4.78, 5) is 15.3. The van der Waals surface area contributed by atoms with Crippen molar-refractivity contribution < 1.29 is 14.3 Å². The van der Waals surface area contributed by atoms with Gasteiger partial charge in [0, 0.05) is 6.42 Å². The van der Waals surface area contributed by atoms with Crippen LogP contribution in [-0.2, 0) is 9.53 Å². The molecule has 29 heavy (non-hydrogen) atoms. The Bertz CT molecular complexity index is 851. The highest BCUT2D eigenvalue weighted by atomic mass is 16.6. The van der Waals surface area contributed by atoms with E-state index < -0.39 is 0 Å². The average molecular weight is 392 g/mol. The second-order valence-corrected chi connectivity index (χ2v) is 8.03. The highest BCUT2D eigenvalue weighted by Crippen LogP contribution is 2.38. The molecule has 0 aliphatic carbocycles. The minimum atomic E-state index is -0.279. The molecule has 0 spiro atoms. The quantitative estimate of drug-likeness (QED) is 0.275. The Morgan fingerprint density at radius 2 is 1.72 bits per heavy atom. The summed E-state index contributed by atoms with van der Waals surface area (Å²) in [6.45, 7) is 11.8. The van der Waals surface area contributed by atoms with E-state index in [1.54, 1.807) is 0 Å². The maximum atomic E-state index is 11.9. The number of carbonyl (C=O) groups is 1. The van der Waals surface area contributed by atoms with E-state index in [9.17, 15) is 4.79 Å². The van der Waals surface area contributed by atoms with Gasteiger partial charge in [0.25, 0.3) is 0 Å². The lowest BCUT2D eigenvalue weighted by molar-refractivity contribution is -0.148. The first-order chi connectivity index (χ1) is 14.0. The van der Waals surface area contributed by atoms with Gasteiger partial charge in [0.05, 0.1) is 18.6 Å². The number of rotatable bonds is 9. The van der Waals surface area contributed by atoms with E-state index in [1.807, 2.05) is 55.5 Å². The fourth-order valence-corrected chi connectivity index (χ4v) is 3.68. The summed E-state index contributed by atoms with van der Waals surface area (Å²) >= 11 is 0. The summed E-state index contributed by atoms with van der Waals surface area (Å²) in [5.41, 5.74) is 2.58. The molecule has 4 heteroatoms. The van der Waals surface area contributed by atoms with Crippen molar-refractivity contribution in [1.29, 1.82) is 0 Å². The van der Waals surface area contributed by atoms with Crippen molar-refractivity contribution in [1.82, 2.24) is 0 Å². The standard InChI is InChI=1S/C25H29NO3/c1-4-25(2)18-23(29-24(25)27)8-6-5-7-17-28-22-15-11-20(12-16-22)19-9-13-21(26-3)14-10-19/h9-16,23H,4-8,17-18H2,1-2H3. The molecule has 0 N–H and O–H groups in total. The van der Waals surface area contributed by atoms with Gasteiger partial charge >= 0.3 is 5.97 Å². The predicted molar refractivity (Wildman–Crippen MR) is 115 cm³/mol. The Morgan fingerprint density at radius 1 is 1.07 bits per heavy atom. The van der Waals surface area contributed by atoms with Crippen molar-refractivity contribution in [2.75, 3.05) is 6.61 Å². The summed E-state index contributed by atoms with van der Waals surface area (Å²) in [6.07, 6.45) is 5.86. The molecule has 2 aromatic carbocycles. The van der Waals surface area contributed by atoms with E-state index in [0.29, 0.717) is 12.3 Å². The number of ether oxygens (including phenoxy) is 2. The molecule has 0 saturated carbocycles. The van der Waals surface area contributed by atoms with Crippen LogP contribution in [0, 0.1) is 12.0 Å². The van der Waals surface area contributed by atoms with Gasteiger partial charge in [-0.3, -0.25) is 4.79 Å². The number of hydrogen-bond acceptors (Lipinski definition) is 3. The molecule has 3 rings (SSSR count). The van der Waals surface area contributed by atoms with Crippen LogP contribution in [0.2, 0.25) is 0 Å². The molecule has 0 bridgehead atoms. The van der Waals surface area contributed by atoms with Crippen LogP contribution < -0.4 is 4.74 Å². The number of benzene rings is 2. The molecule has 0 radical (unpaired) electrons. The average Bonchev–Trinajstić information content (AvgIpc) is 3.05. The second-order valence-electron chi connectivity index (χ2n) is 8.03. The van der Waals surface area contributed by atoms with E-state index in [2.05, 4.69) is 11.8 Å². The molecule has 0 amide bonds. The number of carbonyl (C=O) groups excluding carboxylic acids is 1. The predicted octanol–water partition coefficient (Wildman–Crippen LogP) is 6.58. The smallest absolute Gasteiger partial charge is 0.312 e. The van der Waals surface area contributed by atoms with Crippen LogP contribution >= 0.6 is 0 Å². The Kier molecular flexibility index (Phi) is 6.93. The third-order valence-electron chi connectivity index (χ3n) is 5.85. The molecular formula is C25H29NO3. The van der Waals surface area contributed by atoms with Gasteiger partial charge in [0.2, 0.25) is 0 Å². The fraction of sp³-hybridized carbons (Fsp3) is 0.440. The maximum absolute atomic E-state index is 11.9. The zero-order valence-electron chi connectivity index (χ0n) is 17.3. The van der Waals surface area contributed by atoms with Crippen LogP contribution in [0.4, 0.5) is 5.69 Å². The van der Waals surface area contributed by atoms with E-state index >= 15 is 0 Å². The summed E-state index contributed by atoms with van der Waals surface area (Å²) in [6, 6.07) is 15.7. The van der Waals surface area contributed by atoms with Crippen LogP contribution in [0.1, 0.15) is 52.4 Å². The molecule has 1 heterocycles. The van der Waals surface area contributed by atoms with E-state index in [0.717, 1.165) is 55.4 Å². The first-order valence-electron chi connectivity index (χ1n) is 10.5. The topological polar surface area (TPSA) is 39.9 Å². The zero-order valence-corrected chi connectivity index (χ0v) is 17.3. The minimum Gasteiger partial charge on any atom is -0.494 e. The summed E-state index contributed by atoms with van der Waals surface area (Å²) in [5.74, 6) is 0.842. The molecular weight excluding hydrogens is 362 g/mol. The van der Waals surface area contributed by atoms with Crippen molar-refractivity contribution in [3.8, 4) is 16.9 Å². The highest BCUT2D eigenvalue weighted by Gasteiger charge is 2.43. The molecule has 2 aromatic rings. The normalized spacial score (nSPS) is 20.9. The Balaban J connectivity index is 1.35. The van der Waals surface area contributed by atoms with Crippen molar-refractivity contribution >= 4 is 11.7 Å². The maximum Gasteiger partial charge on any atom is 0.312 e. The molecule has 2 unspecified atom stereocenters. The Morgan fingerprint density at radius 3 is 2.31 bits per heavy atom. The Hall–Kier alpha value is -2.80. The van der Waals surface area contributed by atoms with Gasteiger partial charge < -0.3 is 9.47 Å². The number of esters is 1. The fourth-order valence-electron chi connectivity index (χ4n) is 3.68. The van der Waals surface area contributed by atoms with Gasteiger partial charge in [-0.05, 0) is 62.3 Å². The van der Waals surface area contributed by atoms with Crippen LogP contribution in [0.3, 0.4) is 0 Å². The summed E-state index contributed by atoms with van der Waals surface area (Å²) in [7, 11) is 0. The minimum absolute atomic E-state index is 0.0286. The zero-order chi connectivity index (χ0) is 20.7. The van der Waals surface area contributed by atoms with Gasteiger partial charge in [0.15, 0.2) is 5.69 Å². The lowest BCUT2D eigenvalue weighted by atomic mass is 9.84. The van der Waals surface area contributed by atoms with Gasteiger partial charge in [-0.1, -0.05) is 43.3 Å². The van der Waals surface area contributed by atoms with Gasteiger partial charge in [0.1, 0.15) is 11.9 Å². The lowest BCUT2D eigenvalue weighted by Gasteiger charge is -2.15. The number of cyclic esters (lactones) is 1. The molecule has 0 aromatic heterocycles. The third-order valence-corrected chi connectivity index (χ3v) is 5.85. The first-order valence-corrected chi connectivity index (χ1v) is 10.5. The summed E-state index contributed by atoms with van der Waals surface area (Å²) in [5, 5.41) is 0. The molecule has 4 nitrogen and oxygen atoms in total. The van der Waals surface area contributed by atoms with Crippen molar-refractivity contribution in [2.24, 2.45) is 5.41 Å². The van der Waals surface area contributed by atoms with E-state index in [-0.39, 0.29) is 17.5 Å².